The molecule has 1 rings (SSSR count). The lowest BCUT2D eigenvalue weighted by molar-refractivity contribution is -0.137. The Hall–Kier alpha value is -0.970. The van der Waals surface area contributed by atoms with Gasteiger partial charge in [0, 0.05) is 10.9 Å². The molecule has 0 saturated heterocycles. The minimum Gasteiger partial charge on any atom is -0.507 e. The van der Waals surface area contributed by atoms with Gasteiger partial charge >= 0.3 is 6.18 Å². The Morgan fingerprint density at radius 1 is 1.33 bits per heavy atom. The fourth-order valence-corrected chi connectivity index (χ4v) is 1.22. The molecule has 0 aliphatic rings. The second-order valence-corrected chi connectivity index (χ2v) is 3.48. The van der Waals surface area contributed by atoms with Gasteiger partial charge in [0.2, 0.25) is 0 Å². The number of rotatable bonds is 2. The van der Waals surface area contributed by atoms with Crippen LogP contribution >= 0.6 is 15.9 Å². The Labute approximate surface area is 93.4 Å². The summed E-state index contributed by atoms with van der Waals surface area (Å²) in [6.07, 6.45) is -1.19. The molecule has 1 aromatic rings. The Morgan fingerprint density at radius 2 is 2.00 bits per heavy atom. The molecule has 0 heterocycles. The third-order valence-corrected chi connectivity index (χ3v) is 2.12. The number of halogens is 4. The zero-order valence-corrected chi connectivity index (χ0v) is 9.14. The molecule has 0 atom stereocenters. The predicted octanol–water partition coefficient (Wildman–Crippen LogP) is 3.82. The van der Waals surface area contributed by atoms with E-state index < -0.39 is 11.7 Å². The highest BCUT2D eigenvalue weighted by atomic mass is 79.9. The number of aromatic hydroxyl groups is 1. The summed E-state index contributed by atoms with van der Waals surface area (Å²) < 4.78 is 36.6. The molecule has 0 unspecified atom stereocenters. The summed E-state index contributed by atoms with van der Waals surface area (Å²) in [7, 11) is 0. The van der Waals surface area contributed by atoms with E-state index in [1.807, 2.05) is 0 Å². The third kappa shape index (κ3) is 3.27. The predicted molar refractivity (Wildman–Crippen MR) is 55.9 cm³/mol. The third-order valence-electron chi connectivity index (χ3n) is 1.74. The van der Waals surface area contributed by atoms with Crippen LogP contribution in [0.5, 0.6) is 5.75 Å². The van der Waals surface area contributed by atoms with E-state index in [1.54, 1.807) is 12.2 Å². The van der Waals surface area contributed by atoms with Crippen LogP contribution < -0.4 is 0 Å². The molecule has 0 aliphatic heterocycles. The smallest absolute Gasteiger partial charge is 0.416 e. The monoisotopic (exact) mass is 280 g/mol. The maximum Gasteiger partial charge on any atom is 0.416 e. The average Bonchev–Trinajstić information content (AvgIpc) is 2.14. The Morgan fingerprint density at radius 3 is 2.47 bits per heavy atom. The van der Waals surface area contributed by atoms with Gasteiger partial charge < -0.3 is 5.11 Å². The highest BCUT2D eigenvalue weighted by Crippen LogP contribution is 2.32. The number of phenols is 1. The zero-order valence-electron chi connectivity index (χ0n) is 7.55. The van der Waals surface area contributed by atoms with E-state index in [2.05, 4.69) is 15.9 Å². The van der Waals surface area contributed by atoms with Crippen molar-refractivity contribution in [2.45, 2.75) is 6.18 Å². The van der Waals surface area contributed by atoms with Crippen LogP contribution in [0.4, 0.5) is 13.2 Å². The van der Waals surface area contributed by atoms with Gasteiger partial charge in [-0.1, -0.05) is 34.1 Å². The normalized spacial score (nSPS) is 12.3. The van der Waals surface area contributed by atoms with E-state index in [4.69, 9.17) is 0 Å². The molecule has 5 heteroatoms. The summed E-state index contributed by atoms with van der Waals surface area (Å²) >= 11 is 3.13. The number of alkyl halides is 4. The number of phenolic OH excluding ortho intramolecular Hbond substituents is 1. The van der Waals surface area contributed by atoms with Crippen molar-refractivity contribution in [1.82, 2.24) is 0 Å². The Bertz CT molecular complexity index is 371. The Kier molecular flexibility index (Phi) is 3.79. The maximum absolute atomic E-state index is 12.2. The van der Waals surface area contributed by atoms with Crippen LogP contribution in [0.1, 0.15) is 11.1 Å². The van der Waals surface area contributed by atoms with Gasteiger partial charge in [0.25, 0.3) is 0 Å². The molecule has 0 saturated carbocycles. The number of allylic oxidation sites excluding steroid dienone is 1. The van der Waals surface area contributed by atoms with Crippen molar-refractivity contribution in [2.24, 2.45) is 0 Å². The first-order valence-electron chi connectivity index (χ1n) is 4.08. The molecule has 0 aliphatic carbocycles. The van der Waals surface area contributed by atoms with Crippen molar-refractivity contribution in [3.63, 3.8) is 0 Å². The minimum atomic E-state index is -4.42. The minimum absolute atomic E-state index is 0.363. The lowest BCUT2D eigenvalue weighted by Crippen LogP contribution is -2.04. The van der Waals surface area contributed by atoms with E-state index in [-0.39, 0.29) is 5.75 Å². The largest absolute Gasteiger partial charge is 0.507 e. The van der Waals surface area contributed by atoms with Crippen LogP contribution in [-0.4, -0.2) is 10.4 Å². The van der Waals surface area contributed by atoms with Crippen molar-refractivity contribution < 1.29 is 18.3 Å². The lowest BCUT2D eigenvalue weighted by atomic mass is 10.1. The SMILES string of the molecule is Oc1cc(C(F)(F)F)ccc1C=CCBr. The van der Waals surface area contributed by atoms with Gasteiger partial charge in [-0.2, -0.15) is 13.2 Å². The van der Waals surface area contributed by atoms with Gasteiger partial charge in [-0.3, -0.25) is 0 Å². The fraction of sp³-hybridized carbons (Fsp3) is 0.200. The molecule has 82 valence electrons. The van der Waals surface area contributed by atoms with Gasteiger partial charge in [0.15, 0.2) is 0 Å². The average molecular weight is 281 g/mol. The molecular weight excluding hydrogens is 273 g/mol. The Balaban J connectivity index is 3.04. The first-order valence-corrected chi connectivity index (χ1v) is 5.20. The van der Waals surface area contributed by atoms with Crippen LogP contribution in [-0.2, 0) is 6.18 Å². The van der Waals surface area contributed by atoms with Crippen molar-refractivity contribution in [3.05, 3.63) is 35.4 Å². The van der Waals surface area contributed by atoms with Crippen molar-refractivity contribution in [3.8, 4) is 5.75 Å². The summed E-state index contributed by atoms with van der Waals surface area (Å²) in [4.78, 5) is 0. The maximum atomic E-state index is 12.2. The summed E-state index contributed by atoms with van der Waals surface area (Å²) in [5.41, 5.74) is -0.488. The summed E-state index contributed by atoms with van der Waals surface area (Å²) in [5.74, 6) is -0.373. The van der Waals surface area contributed by atoms with Gasteiger partial charge in [-0.15, -0.1) is 0 Å². The van der Waals surface area contributed by atoms with E-state index in [0.717, 1.165) is 6.07 Å². The zero-order chi connectivity index (χ0) is 11.5. The van der Waals surface area contributed by atoms with Gasteiger partial charge in [-0.05, 0) is 12.1 Å². The molecule has 1 aromatic carbocycles. The molecular formula is C10H8BrF3O. The quantitative estimate of drug-likeness (QED) is 0.817. The molecule has 1 N–H and O–H groups in total. The van der Waals surface area contributed by atoms with E-state index >= 15 is 0 Å². The number of hydrogen-bond donors (Lipinski definition) is 1. The molecule has 0 radical (unpaired) electrons. The van der Waals surface area contributed by atoms with E-state index in [9.17, 15) is 18.3 Å². The second-order valence-electron chi connectivity index (χ2n) is 2.83. The highest BCUT2D eigenvalue weighted by Gasteiger charge is 2.30. The standard InChI is InChI=1S/C10H8BrF3O/c11-5-1-2-7-3-4-8(6-9(7)15)10(12,13)14/h1-4,6,15H,5H2. The fourth-order valence-electron chi connectivity index (χ4n) is 1.03. The molecule has 0 amide bonds. The van der Waals surface area contributed by atoms with E-state index in [1.165, 1.54) is 6.07 Å². The molecule has 0 aromatic heterocycles. The van der Waals surface area contributed by atoms with Crippen LogP contribution in [0.3, 0.4) is 0 Å². The van der Waals surface area contributed by atoms with Crippen molar-refractivity contribution >= 4 is 22.0 Å². The second kappa shape index (κ2) is 4.70. The van der Waals surface area contributed by atoms with Crippen LogP contribution in [0.15, 0.2) is 24.3 Å². The summed E-state index contributed by atoms with van der Waals surface area (Å²) in [6, 6.07) is 2.89. The first-order chi connectivity index (χ1) is 6.95. The van der Waals surface area contributed by atoms with Crippen LogP contribution in [0, 0.1) is 0 Å². The van der Waals surface area contributed by atoms with Crippen molar-refractivity contribution in [2.75, 3.05) is 5.33 Å². The topological polar surface area (TPSA) is 20.2 Å². The lowest BCUT2D eigenvalue weighted by Gasteiger charge is -2.07. The molecule has 0 fully saturated rings. The summed E-state index contributed by atoms with van der Waals surface area (Å²) in [5, 5.41) is 9.89. The highest BCUT2D eigenvalue weighted by molar-refractivity contribution is 9.09. The van der Waals surface area contributed by atoms with Gasteiger partial charge in [0.05, 0.1) is 5.56 Å². The van der Waals surface area contributed by atoms with Crippen LogP contribution in [0.25, 0.3) is 6.08 Å². The molecule has 0 bridgehead atoms. The molecule has 15 heavy (non-hydrogen) atoms. The number of benzene rings is 1. The van der Waals surface area contributed by atoms with Crippen LogP contribution in [0.2, 0.25) is 0 Å². The van der Waals surface area contributed by atoms with Gasteiger partial charge in [0.1, 0.15) is 5.75 Å². The van der Waals surface area contributed by atoms with E-state index in [0.29, 0.717) is 17.0 Å². The molecule has 1 nitrogen and oxygen atoms in total. The van der Waals surface area contributed by atoms with Crippen molar-refractivity contribution in [1.29, 1.82) is 0 Å². The first kappa shape index (κ1) is 12.1. The summed E-state index contributed by atoms with van der Waals surface area (Å²) in [6.45, 7) is 0. The van der Waals surface area contributed by atoms with Gasteiger partial charge in [-0.25, -0.2) is 0 Å². The molecule has 0 spiro atoms. The number of hydrogen-bond acceptors (Lipinski definition) is 1.